The van der Waals surface area contributed by atoms with Gasteiger partial charge in [-0.15, -0.1) is 0 Å². The van der Waals surface area contributed by atoms with Crippen LogP contribution >= 0.6 is 0 Å². The lowest BCUT2D eigenvalue weighted by molar-refractivity contribution is 0.228. The van der Waals surface area contributed by atoms with Crippen LogP contribution in [0.4, 0.5) is 0 Å². The van der Waals surface area contributed by atoms with Gasteiger partial charge in [0.05, 0.1) is 6.61 Å². The van der Waals surface area contributed by atoms with Gasteiger partial charge in [-0.3, -0.25) is 0 Å². The standard InChI is InChI=1S/C10H17NO/c1-9(7-11)5-4-6-10(2)8-12-3/h4-6H,2,7-8,11H2,1,3H3/b6-4-,9-5+. The summed E-state index contributed by atoms with van der Waals surface area (Å²) in [7, 11) is 1.65. The van der Waals surface area contributed by atoms with Crippen molar-refractivity contribution in [2.24, 2.45) is 5.73 Å². The summed E-state index contributed by atoms with van der Waals surface area (Å²) in [6.07, 6.45) is 5.83. The van der Waals surface area contributed by atoms with Crippen LogP contribution in [-0.4, -0.2) is 20.3 Å². The van der Waals surface area contributed by atoms with Gasteiger partial charge >= 0.3 is 0 Å². The highest BCUT2D eigenvalue weighted by atomic mass is 16.5. The van der Waals surface area contributed by atoms with Gasteiger partial charge in [0.2, 0.25) is 0 Å². The molecule has 0 unspecified atom stereocenters. The van der Waals surface area contributed by atoms with Crippen LogP contribution in [-0.2, 0) is 4.74 Å². The topological polar surface area (TPSA) is 35.2 Å². The molecular weight excluding hydrogens is 150 g/mol. The predicted octanol–water partition coefficient (Wildman–Crippen LogP) is 1.65. The Hall–Kier alpha value is -0.860. The zero-order chi connectivity index (χ0) is 9.40. The smallest absolute Gasteiger partial charge is 0.0707 e. The monoisotopic (exact) mass is 167 g/mol. The van der Waals surface area contributed by atoms with E-state index in [0.29, 0.717) is 13.2 Å². The van der Waals surface area contributed by atoms with Crippen molar-refractivity contribution in [1.29, 1.82) is 0 Å². The molecule has 0 aliphatic heterocycles. The van der Waals surface area contributed by atoms with Gasteiger partial charge < -0.3 is 10.5 Å². The molecule has 0 fully saturated rings. The van der Waals surface area contributed by atoms with E-state index in [9.17, 15) is 0 Å². The maximum Gasteiger partial charge on any atom is 0.0707 e. The second-order valence-corrected chi connectivity index (χ2v) is 2.67. The normalized spacial score (nSPS) is 12.4. The number of nitrogens with two attached hydrogens (primary N) is 1. The van der Waals surface area contributed by atoms with Crippen LogP contribution in [0.2, 0.25) is 0 Å². The minimum Gasteiger partial charge on any atom is -0.380 e. The molecule has 0 aromatic carbocycles. The maximum absolute atomic E-state index is 5.40. The molecule has 12 heavy (non-hydrogen) atoms. The number of hydrogen-bond donors (Lipinski definition) is 1. The number of allylic oxidation sites excluding steroid dienone is 2. The fourth-order valence-electron chi connectivity index (χ4n) is 0.650. The third kappa shape index (κ3) is 5.89. The molecule has 0 aliphatic rings. The molecule has 0 radical (unpaired) electrons. The molecule has 0 rings (SSSR count). The van der Waals surface area contributed by atoms with Crippen molar-refractivity contribution in [3.63, 3.8) is 0 Å². The van der Waals surface area contributed by atoms with Crippen LogP contribution < -0.4 is 5.73 Å². The summed E-state index contributed by atoms with van der Waals surface area (Å²) >= 11 is 0. The Balaban J connectivity index is 3.83. The van der Waals surface area contributed by atoms with Crippen molar-refractivity contribution in [3.05, 3.63) is 36.0 Å². The third-order valence-electron chi connectivity index (χ3n) is 1.36. The molecule has 0 aliphatic carbocycles. The van der Waals surface area contributed by atoms with Crippen LogP contribution in [0.15, 0.2) is 36.0 Å². The largest absolute Gasteiger partial charge is 0.380 e. The lowest BCUT2D eigenvalue weighted by Crippen LogP contribution is -1.98. The van der Waals surface area contributed by atoms with Crippen molar-refractivity contribution < 1.29 is 4.74 Å². The molecule has 0 saturated heterocycles. The molecule has 2 heteroatoms. The first-order valence-corrected chi connectivity index (χ1v) is 3.91. The van der Waals surface area contributed by atoms with E-state index in [1.54, 1.807) is 7.11 Å². The minimum absolute atomic E-state index is 0.575. The average Bonchev–Trinajstić information content (AvgIpc) is 2.04. The predicted molar refractivity (Wildman–Crippen MR) is 53.0 cm³/mol. The van der Waals surface area contributed by atoms with Crippen LogP contribution in [0, 0.1) is 0 Å². The maximum atomic E-state index is 5.40. The SMILES string of the molecule is C=C(/C=C\C=C(/C)CN)COC. The summed E-state index contributed by atoms with van der Waals surface area (Å²) in [6, 6.07) is 0. The number of rotatable bonds is 5. The number of ether oxygens (including phenoxy) is 1. The summed E-state index contributed by atoms with van der Waals surface area (Å²) in [5, 5.41) is 0. The molecule has 0 aromatic heterocycles. The molecule has 0 heterocycles. The highest BCUT2D eigenvalue weighted by Gasteiger charge is 1.84. The van der Waals surface area contributed by atoms with Gasteiger partial charge in [-0.05, 0) is 12.5 Å². The van der Waals surface area contributed by atoms with Gasteiger partial charge in [-0.2, -0.15) is 0 Å². The van der Waals surface area contributed by atoms with Crippen molar-refractivity contribution in [2.75, 3.05) is 20.3 Å². The van der Waals surface area contributed by atoms with Crippen molar-refractivity contribution in [2.45, 2.75) is 6.92 Å². The van der Waals surface area contributed by atoms with Crippen LogP contribution in [0.5, 0.6) is 0 Å². The Kier molecular flexibility index (Phi) is 6.34. The van der Waals surface area contributed by atoms with E-state index < -0.39 is 0 Å². The summed E-state index contributed by atoms with van der Waals surface area (Å²) in [6.45, 7) is 6.96. The summed E-state index contributed by atoms with van der Waals surface area (Å²) in [5.74, 6) is 0. The Labute approximate surface area is 74.4 Å². The molecule has 2 N–H and O–H groups in total. The van der Waals surface area contributed by atoms with Crippen LogP contribution in [0.1, 0.15) is 6.92 Å². The molecular formula is C10H17NO. The lowest BCUT2D eigenvalue weighted by atomic mass is 10.2. The fraction of sp³-hybridized carbons (Fsp3) is 0.400. The van der Waals surface area contributed by atoms with Crippen LogP contribution in [0.3, 0.4) is 0 Å². The molecule has 2 nitrogen and oxygen atoms in total. The van der Waals surface area contributed by atoms with E-state index in [0.717, 1.165) is 11.1 Å². The van der Waals surface area contributed by atoms with Gasteiger partial charge in [0.15, 0.2) is 0 Å². The molecule has 0 atom stereocenters. The molecule has 68 valence electrons. The van der Waals surface area contributed by atoms with E-state index in [-0.39, 0.29) is 0 Å². The first-order chi connectivity index (χ1) is 5.70. The first-order valence-electron chi connectivity index (χ1n) is 3.91. The van der Waals surface area contributed by atoms with Crippen molar-refractivity contribution >= 4 is 0 Å². The average molecular weight is 167 g/mol. The van der Waals surface area contributed by atoms with Crippen molar-refractivity contribution in [3.8, 4) is 0 Å². The van der Waals surface area contributed by atoms with Gasteiger partial charge in [0.25, 0.3) is 0 Å². The molecule has 0 bridgehead atoms. The fourth-order valence-corrected chi connectivity index (χ4v) is 0.650. The summed E-state index contributed by atoms with van der Waals surface area (Å²) < 4.78 is 4.89. The Morgan fingerprint density at radius 2 is 2.25 bits per heavy atom. The molecule has 0 saturated carbocycles. The molecule has 0 amide bonds. The van der Waals surface area contributed by atoms with E-state index in [1.165, 1.54) is 0 Å². The van der Waals surface area contributed by atoms with E-state index >= 15 is 0 Å². The third-order valence-corrected chi connectivity index (χ3v) is 1.36. The Morgan fingerprint density at radius 1 is 1.58 bits per heavy atom. The first kappa shape index (κ1) is 11.1. The highest BCUT2D eigenvalue weighted by molar-refractivity contribution is 5.21. The highest BCUT2D eigenvalue weighted by Crippen LogP contribution is 1.95. The summed E-state index contributed by atoms with van der Waals surface area (Å²) in [4.78, 5) is 0. The molecule has 0 aromatic rings. The zero-order valence-electron chi connectivity index (χ0n) is 7.84. The molecule has 0 spiro atoms. The lowest BCUT2D eigenvalue weighted by Gasteiger charge is -1.95. The van der Waals surface area contributed by atoms with Gasteiger partial charge in [-0.25, -0.2) is 0 Å². The zero-order valence-corrected chi connectivity index (χ0v) is 7.84. The van der Waals surface area contributed by atoms with E-state index in [2.05, 4.69) is 6.58 Å². The second-order valence-electron chi connectivity index (χ2n) is 2.67. The minimum atomic E-state index is 0.575. The summed E-state index contributed by atoms with van der Waals surface area (Å²) in [5.41, 5.74) is 7.50. The van der Waals surface area contributed by atoms with Gasteiger partial charge in [-0.1, -0.05) is 30.4 Å². The van der Waals surface area contributed by atoms with Crippen LogP contribution in [0.25, 0.3) is 0 Å². The number of hydrogen-bond acceptors (Lipinski definition) is 2. The van der Waals surface area contributed by atoms with E-state index in [4.69, 9.17) is 10.5 Å². The quantitative estimate of drug-likeness (QED) is 0.632. The van der Waals surface area contributed by atoms with E-state index in [1.807, 2.05) is 25.2 Å². The Morgan fingerprint density at radius 3 is 2.75 bits per heavy atom. The number of methoxy groups -OCH3 is 1. The van der Waals surface area contributed by atoms with Gasteiger partial charge in [0.1, 0.15) is 0 Å². The Bertz CT molecular complexity index is 192. The van der Waals surface area contributed by atoms with Crippen molar-refractivity contribution in [1.82, 2.24) is 0 Å². The van der Waals surface area contributed by atoms with Gasteiger partial charge in [0, 0.05) is 13.7 Å². The second kappa shape index (κ2) is 6.83.